The van der Waals surface area contributed by atoms with Crippen LogP contribution in [0.4, 0.5) is 10.1 Å². The molecule has 0 spiro atoms. The highest BCUT2D eigenvalue weighted by atomic mass is 79.9. The summed E-state index contributed by atoms with van der Waals surface area (Å²) in [7, 11) is -3.79. The zero-order valence-electron chi connectivity index (χ0n) is 10.8. The first-order valence-electron chi connectivity index (χ1n) is 6.14. The molecule has 1 aromatic heterocycles. The Morgan fingerprint density at radius 1 is 1.33 bits per heavy atom. The molecule has 0 unspecified atom stereocenters. The first-order valence-corrected chi connectivity index (χ1v) is 8.37. The molecular weight excluding hydrogens is 363 g/mol. The molecule has 21 heavy (non-hydrogen) atoms. The van der Waals surface area contributed by atoms with Crippen molar-refractivity contribution in [2.24, 2.45) is 0 Å². The van der Waals surface area contributed by atoms with E-state index in [9.17, 15) is 12.8 Å². The maximum Gasteiger partial charge on any atom is 0.245 e. The molecule has 2 N–H and O–H groups in total. The Morgan fingerprint density at radius 2 is 2.10 bits per heavy atom. The van der Waals surface area contributed by atoms with Gasteiger partial charge in [0.05, 0.1) is 16.7 Å². The topological polar surface area (TPSA) is 81.2 Å². The standard InChI is InChI=1S/C12H12BrFN4O2S/c13-8-5-11(10(15)6-9(8)14)21(19,20)18-4-3-17-2-1-16-12(17)7-18/h1-2,5-6H,3-4,7,15H2. The highest BCUT2D eigenvalue weighted by Crippen LogP contribution is 2.29. The zero-order chi connectivity index (χ0) is 15.2. The van der Waals surface area contributed by atoms with Crippen molar-refractivity contribution in [2.45, 2.75) is 18.0 Å². The van der Waals surface area contributed by atoms with Crippen LogP contribution in [0.1, 0.15) is 5.82 Å². The number of benzene rings is 1. The number of aromatic nitrogens is 2. The number of anilines is 1. The van der Waals surface area contributed by atoms with Crippen molar-refractivity contribution in [3.05, 3.63) is 40.6 Å². The molecule has 0 saturated heterocycles. The van der Waals surface area contributed by atoms with E-state index in [1.165, 1.54) is 10.4 Å². The number of rotatable bonds is 2. The highest BCUT2D eigenvalue weighted by Gasteiger charge is 2.31. The monoisotopic (exact) mass is 374 g/mol. The zero-order valence-corrected chi connectivity index (χ0v) is 13.2. The molecule has 0 atom stereocenters. The van der Waals surface area contributed by atoms with Crippen molar-refractivity contribution >= 4 is 31.6 Å². The van der Waals surface area contributed by atoms with Crippen LogP contribution >= 0.6 is 15.9 Å². The fourth-order valence-corrected chi connectivity index (χ4v) is 4.27. The van der Waals surface area contributed by atoms with Gasteiger partial charge in [-0.2, -0.15) is 4.31 Å². The van der Waals surface area contributed by atoms with Gasteiger partial charge in [-0.05, 0) is 28.1 Å². The van der Waals surface area contributed by atoms with Crippen LogP contribution in [-0.2, 0) is 23.1 Å². The summed E-state index contributed by atoms with van der Waals surface area (Å²) in [6.07, 6.45) is 3.44. The molecule has 0 saturated carbocycles. The van der Waals surface area contributed by atoms with Crippen molar-refractivity contribution in [3.8, 4) is 0 Å². The maximum atomic E-state index is 13.4. The van der Waals surface area contributed by atoms with E-state index >= 15 is 0 Å². The number of nitrogen functional groups attached to an aromatic ring is 1. The van der Waals surface area contributed by atoms with Crippen molar-refractivity contribution in [1.82, 2.24) is 13.9 Å². The second kappa shape index (κ2) is 5.08. The average Bonchev–Trinajstić information content (AvgIpc) is 2.90. The lowest BCUT2D eigenvalue weighted by Gasteiger charge is -2.27. The number of fused-ring (bicyclic) bond motifs is 1. The molecule has 112 valence electrons. The summed E-state index contributed by atoms with van der Waals surface area (Å²) in [5.74, 6) is 0.0743. The van der Waals surface area contributed by atoms with Gasteiger partial charge in [-0.3, -0.25) is 0 Å². The van der Waals surface area contributed by atoms with Gasteiger partial charge in [0.2, 0.25) is 10.0 Å². The molecule has 2 aromatic rings. The highest BCUT2D eigenvalue weighted by molar-refractivity contribution is 9.10. The van der Waals surface area contributed by atoms with Crippen molar-refractivity contribution in [1.29, 1.82) is 0 Å². The van der Waals surface area contributed by atoms with Gasteiger partial charge in [-0.15, -0.1) is 0 Å². The van der Waals surface area contributed by atoms with E-state index in [-0.39, 0.29) is 21.6 Å². The van der Waals surface area contributed by atoms with Crippen LogP contribution in [0.15, 0.2) is 33.9 Å². The number of imidazole rings is 1. The Hall–Kier alpha value is -1.45. The molecular formula is C12H12BrFN4O2S. The van der Waals surface area contributed by atoms with E-state index in [1.54, 1.807) is 6.20 Å². The van der Waals surface area contributed by atoms with Crippen molar-refractivity contribution in [2.75, 3.05) is 12.3 Å². The van der Waals surface area contributed by atoms with E-state index in [1.807, 2.05) is 10.8 Å². The molecule has 0 fully saturated rings. The summed E-state index contributed by atoms with van der Waals surface area (Å²) >= 11 is 2.99. The molecule has 0 aliphatic carbocycles. The van der Waals surface area contributed by atoms with Gasteiger partial charge in [0, 0.05) is 25.5 Å². The molecule has 1 aliphatic heterocycles. The lowest BCUT2D eigenvalue weighted by molar-refractivity contribution is 0.335. The minimum atomic E-state index is -3.79. The van der Waals surface area contributed by atoms with Gasteiger partial charge in [-0.25, -0.2) is 17.8 Å². The van der Waals surface area contributed by atoms with E-state index < -0.39 is 15.8 Å². The third-order valence-corrected chi connectivity index (χ3v) is 5.89. The molecule has 6 nitrogen and oxygen atoms in total. The fraction of sp³-hybridized carbons (Fsp3) is 0.250. The van der Waals surface area contributed by atoms with Gasteiger partial charge >= 0.3 is 0 Å². The predicted molar refractivity (Wildman–Crippen MR) is 78.3 cm³/mol. The molecule has 1 aliphatic rings. The van der Waals surface area contributed by atoms with Gasteiger partial charge in [0.15, 0.2) is 0 Å². The molecule has 3 rings (SSSR count). The van der Waals surface area contributed by atoms with Crippen LogP contribution in [0, 0.1) is 5.82 Å². The normalized spacial score (nSPS) is 15.9. The van der Waals surface area contributed by atoms with Crippen LogP contribution in [0.3, 0.4) is 0 Å². The third-order valence-electron chi connectivity index (χ3n) is 3.38. The Balaban J connectivity index is 2.00. The first-order chi connectivity index (χ1) is 9.89. The van der Waals surface area contributed by atoms with Gasteiger partial charge in [-0.1, -0.05) is 0 Å². The van der Waals surface area contributed by atoms with Crippen LogP contribution < -0.4 is 5.73 Å². The number of nitrogens with zero attached hydrogens (tertiary/aromatic N) is 3. The number of hydrogen-bond acceptors (Lipinski definition) is 4. The first kappa shape index (κ1) is 14.5. The summed E-state index contributed by atoms with van der Waals surface area (Å²) in [4.78, 5) is 4.02. The Labute approximate surface area is 129 Å². The second-order valence-corrected chi connectivity index (χ2v) is 7.44. The van der Waals surface area contributed by atoms with Crippen LogP contribution in [-0.4, -0.2) is 28.8 Å². The number of hydrogen-bond donors (Lipinski definition) is 1. The number of halogens is 2. The molecule has 0 bridgehead atoms. The van der Waals surface area contributed by atoms with Crippen molar-refractivity contribution < 1.29 is 12.8 Å². The number of nitrogens with two attached hydrogens (primary N) is 1. The minimum Gasteiger partial charge on any atom is -0.398 e. The number of sulfonamides is 1. The van der Waals surface area contributed by atoms with Crippen molar-refractivity contribution in [3.63, 3.8) is 0 Å². The smallest absolute Gasteiger partial charge is 0.245 e. The summed E-state index contributed by atoms with van der Waals surface area (Å²) < 4.78 is 42.0. The summed E-state index contributed by atoms with van der Waals surface area (Å²) in [6, 6.07) is 2.20. The Morgan fingerprint density at radius 3 is 2.86 bits per heavy atom. The molecule has 2 heterocycles. The molecule has 1 aromatic carbocycles. The fourth-order valence-electron chi connectivity index (χ4n) is 2.26. The minimum absolute atomic E-state index is 0.0637. The molecule has 0 radical (unpaired) electrons. The lowest BCUT2D eigenvalue weighted by Crippen LogP contribution is -2.38. The molecule has 9 heteroatoms. The maximum absolute atomic E-state index is 13.4. The van der Waals surface area contributed by atoms with E-state index in [2.05, 4.69) is 20.9 Å². The Kier molecular flexibility index (Phi) is 3.50. The van der Waals surface area contributed by atoms with E-state index in [4.69, 9.17) is 5.73 Å². The van der Waals surface area contributed by atoms with E-state index in [0.29, 0.717) is 18.9 Å². The van der Waals surface area contributed by atoms with Gasteiger partial charge in [0.1, 0.15) is 16.5 Å². The van der Waals surface area contributed by atoms with Gasteiger partial charge in [0.25, 0.3) is 0 Å². The predicted octanol–water partition coefficient (Wildman–Crippen LogP) is 1.57. The summed E-state index contributed by atoms with van der Waals surface area (Å²) in [5, 5.41) is 0. The quantitative estimate of drug-likeness (QED) is 0.808. The average molecular weight is 375 g/mol. The molecule has 0 amide bonds. The summed E-state index contributed by atoms with van der Waals surface area (Å²) in [6.45, 7) is 1.01. The SMILES string of the molecule is Nc1cc(F)c(Br)cc1S(=O)(=O)N1CCn2ccnc2C1. The Bertz CT molecular complexity index is 806. The second-order valence-electron chi connectivity index (χ2n) is 4.68. The largest absolute Gasteiger partial charge is 0.398 e. The third kappa shape index (κ3) is 2.45. The van der Waals surface area contributed by atoms with Gasteiger partial charge < -0.3 is 10.3 Å². The summed E-state index contributed by atoms with van der Waals surface area (Å²) in [5.41, 5.74) is 5.56. The lowest BCUT2D eigenvalue weighted by atomic mass is 10.3. The van der Waals surface area contributed by atoms with Crippen LogP contribution in [0.5, 0.6) is 0 Å². The van der Waals surface area contributed by atoms with Crippen LogP contribution in [0.2, 0.25) is 0 Å². The van der Waals surface area contributed by atoms with E-state index in [0.717, 1.165) is 6.07 Å². The van der Waals surface area contributed by atoms with Crippen LogP contribution in [0.25, 0.3) is 0 Å².